The van der Waals surface area contributed by atoms with Crippen molar-refractivity contribution in [2.45, 2.75) is 62.0 Å². The van der Waals surface area contributed by atoms with E-state index in [9.17, 15) is 29.4 Å². The first-order valence-electron chi connectivity index (χ1n) is 18.2. The molecule has 2 heterocycles. The fourth-order valence-electron chi connectivity index (χ4n) is 6.74. The quantitative estimate of drug-likeness (QED) is 0.0814. The third-order valence-electron chi connectivity index (χ3n) is 9.67. The first kappa shape index (κ1) is 38.5. The third kappa shape index (κ3) is 9.35. The Labute approximate surface area is 328 Å². The lowest BCUT2D eigenvalue weighted by Gasteiger charge is -2.36. The van der Waals surface area contributed by atoms with Gasteiger partial charge in [-0.2, -0.15) is 0 Å². The van der Waals surface area contributed by atoms with E-state index in [1.165, 1.54) is 11.8 Å². The van der Waals surface area contributed by atoms with E-state index in [2.05, 4.69) is 5.32 Å². The van der Waals surface area contributed by atoms with E-state index in [1.54, 1.807) is 18.2 Å². The number of hydrogen-bond acceptors (Lipinski definition) is 9. The van der Waals surface area contributed by atoms with E-state index in [0.717, 1.165) is 43.8 Å². The lowest BCUT2D eigenvalue weighted by Crippen LogP contribution is -2.41. The van der Waals surface area contributed by atoms with Crippen LogP contribution in [0, 0.1) is 0 Å². The molecule has 2 fully saturated rings. The van der Waals surface area contributed by atoms with E-state index in [4.69, 9.17) is 14.2 Å². The molecular weight excluding hydrogens is 733 g/mol. The molecule has 0 bridgehead atoms. The van der Waals surface area contributed by atoms with Gasteiger partial charge < -0.3 is 29.7 Å². The third-order valence-corrected chi connectivity index (χ3v) is 10.9. The van der Waals surface area contributed by atoms with Crippen LogP contribution in [0.2, 0.25) is 0 Å². The van der Waals surface area contributed by atoms with E-state index in [0.29, 0.717) is 17.1 Å². The summed E-state index contributed by atoms with van der Waals surface area (Å²) in [5.74, 6) is -1.37. The van der Waals surface area contributed by atoms with Gasteiger partial charge in [-0.15, -0.1) is 11.8 Å². The number of carboxylic acid groups (broad SMARTS) is 1. The topological polar surface area (TPSA) is 152 Å². The van der Waals surface area contributed by atoms with E-state index in [-0.39, 0.29) is 49.9 Å². The summed E-state index contributed by atoms with van der Waals surface area (Å²) in [6.45, 7) is 0.0157. The molecule has 4 atom stereocenters. The van der Waals surface area contributed by atoms with Crippen molar-refractivity contribution >= 4 is 35.6 Å². The van der Waals surface area contributed by atoms with Crippen molar-refractivity contribution in [2.24, 2.45) is 0 Å². The lowest BCUT2D eigenvalue weighted by molar-refractivity contribution is -0.245. The number of amides is 3. The van der Waals surface area contributed by atoms with Gasteiger partial charge in [0, 0.05) is 22.6 Å². The van der Waals surface area contributed by atoms with E-state index < -0.39 is 30.3 Å². The minimum absolute atomic E-state index is 0.0401. The minimum atomic E-state index is -1.01. The molecule has 11 nitrogen and oxygen atoms in total. The van der Waals surface area contributed by atoms with Crippen LogP contribution in [0.1, 0.15) is 63.4 Å². The van der Waals surface area contributed by atoms with Crippen molar-refractivity contribution in [2.75, 3.05) is 5.75 Å². The van der Waals surface area contributed by atoms with Crippen molar-refractivity contribution < 1.29 is 43.6 Å². The summed E-state index contributed by atoms with van der Waals surface area (Å²) >= 11 is 1.43. The van der Waals surface area contributed by atoms with Gasteiger partial charge in [0.2, 0.25) is 5.91 Å². The van der Waals surface area contributed by atoms with Crippen LogP contribution in [0.4, 0.5) is 4.79 Å². The van der Waals surface area contributed by atoms with Crippen LogP contribution in [0.25, 0.3) is 11.1 Å². The molecule has 0 aliphatic carbocycles. The highest BCUT2D eigenvalue weighted by Crippen LogP contribution is 2.40. The number of aliphatic hydroxyl groups is 1. The van der Waals surface area contributed by atoms with Crippen molar-refractivity contribution in [1.29, 1.82) is 0 Å². The molecule has 286 valence electrons. The average Bonchev–Trinajstić information content (AvgIpc) is 3.49. The molecular formula is C44H40N2O9S. The van der Waals surface area contributed by atoms with Crippen molar-refractivity contribution in [3.05, 3.63) is 161 Å². The maximum absolute atomic E-state index is 13.2. The maximum atomic E-state index is 13.2. The number of carbonyl (C=O) groups excluding carboxylic acids is 3. The first-order valence-corrected chi connectivity index (χ1v) is 19.2. The summed E-state index contributed by atoms with van der Waals surface area (Å²) in [4.78, 5) is 52.3. The zero-order valence-electron chi connectivity index (χ0n) is 30.3. The molecule has 56 heavy (non-hydrogen) atoms. The van der Waals surface area contributed by atoms with Crippen molar-refractivity contribution in [3.8, 4) is 11.1 Å². The van der Waals surface area contributed by atoms with Gasteiger partial charge in [-0.25, -0.2) is 9.59 Å². The Kier molecular flexibility index (Phi) is 12.2. The highest BCUT2D eigenvalue weighted by Gasteiger charge is 2.40. The predicted octanol–water partition coefficient (Wildman–Crippen LogP) is 7.44. The second kappa shape index (κ2) is 17.8. The van der Waals surface area contributed by atoms with Crippen molar-refractivity contribution in [3.63, 3.8) is 0 Å². The van der Waals surface area contributed by atoms with Crippen LogP contribution in [0.15, 0.2) is 132 Å². The fourth-order valence-corrected chi connectivity index (χ4v) is 7.81. The summed E-state index contributed by atoms with van der Waals surface area (Å²) in [5.41, 5.74) is 6.00. The molecule has 12 heteroatoms. The molecule has 4 unspecified atom stereocenters. The highest BCUT2D eigenvalue weighted by molar-refractivity contribution is 7.99. The standard InChI is InChI=1S/C44H40N2O9S/c47-25-28-16-18-31(19-17-28)38-22-35(27-56-39-15-5-4-14-36(39)42(50)51)54-43(55-38)34-13-7-12-33(21-34)32-11-6-10-30(20-32)24-46-40(48)23-37(41(46)49)45-44(52)53-26-29-8-2-1-3-9-29/h1-21,35,37-38,43,47H,22-27H2,(H,45,52)(H,50,51). The zero-order valence-corrected chi connectivity index (χ0v) is 31.1. The normalized spacial score (nSPS) is 19.5. The van der Waals surface area contributed by atoms with Gasteiger partial charge in [0.15, 0.2) is 6.29 Å². The van der Waals surface area contributed by atoms with Crippen LogP contribution in [0.5, 0.6) is 0 Å². The summed E-state index contributed by atoms with van der Waals surface area (Å²) in [5, 5.41) is 21.8. The number of likely N-dealkylation sites (tertiary alicyclic amines) is 1. The maximum Gasteiger partial charge on any atom is 0.408 e. The molecule has 3 amide bonds. The number of nitrogens with zero attached hydrogens (tertiary/aromatic N) is 1. The number of rotatable bonds is 13. The summed E-state index contributed by atoms with van der Waals surface area (Å²) < 4.78 is 18.4. The number of ether oxygens (including phenoxy) is 3. The van der Waals surface area contributed by atoms with Crippen LogP contribution in [-0.4, -0.2) is 56.9 Å². The van der Waals surface area contributed by atoms with Gasteiger partial charge in [-0.1, -0.05) is 103 Å². The number of hydrogen-bond donors (Lipinski definition) is 3. The molecule has 2 aliphatic rings. The van der Waals surface area contributed by atoms with Gasteiger partial charge in [0.1, 0.15) is 12.6 Å². The van der Waals surface area contributed by atoms with Gasteiger partial charge in [0.05, 0.1) is 37.3 Å². The summed E-state index contributed by atoms with van der Waals surface area (Å²) in [7, 11) is 0. The van der Waals surface area contributed by atoms with Crippen LogP contribution in [-0.2, 0) is 43.6 Å². The number of aliphatic hydroxyl groups excluding tert-OH is 1. The Morgan fingerprint density at radius 1 is 0.786 bits per heavy atom. The second-order valence-electron chi connectivity index (χ2n) is 13.6. The Hall–Kier alpha value is -5.79. The number of alkyl carbamates (subject to hydrolysis) is 1. The Morgan fingerprint density at radius 3 is 2.27 bits per heavy atom. The van der Waals surface area contributed by atoms with Gasteiger partial charge in [-0.3, -0.25) is 14.5 Å². The van der Waals surface area contributed by atoms with E-state index in [1.807, 2.05) is 109 Å². The molecule has 0 spiro atoms. The number of thioether (sulfide) groups is 1. The fraction of sp³-hybridized carbons (Fsp3) is 0.227. The average molecular weight is 773 g/mol. The van der Waals surface area contributed by atoms with Crippen LogP contribution >= 0.6 is 11.8 Å². The number of imide groups is 1. The Balaban J connectivity index is 1.04. The number of nitrogens with one attached hydrogen (secondary N) is 1. The second-order valence-corrected chi connectivity index (χ2v) is 14.6. The van der Waals surface area contributed by atoms with E-state index >= 15 is 0 Å². The molecule has 2 aliphatic heterocycles. The smallest absolute Gasteiger partial charge is 0.408 e. The van der Waals surface area contributed by atoms with Gasteiger partial charge >= 0.3 is 12.1 Å². The molecule has 5 aromatic carbocycles. The Bertz CT molecular complexity index is 2200. The largest absolute Gasteiger partial charge is 0.478 e. The molecule has 5 aromatic rings. The summed E-state index contributed by atoms with van der Waals surface area (Å²) in [6, 6.07) is 38.0. The molecule has 0 saturated carbocycles. The molecule has 0 radical (unpaired) electrons. The monoisotopic (exact) mass is 772 g/mol. The zero-order chi connectivity index (χ0) is 39.0. The number of benzene rings is 5. The highest BCUT2D eigenvalue weighted by atomic mass is 32.2. The SMILES string of the molecule is O=C(NC1CC(=O)N(Cc2cccc(-c3cccc(C4OC(CSc5ccccc5C(=O)O)CC(c5ccc(CO)cc5)O4)c3)c2)C1=O)OCc1ccccc1. The number of carboxylic acids is 1. The van der Waals surface area contributed by atoms with Gasteiger partial charge in [-0.05, 0) is 57.6 Å². The predicted molar refractivity (Wildman–Crippen MR) is 208 cm³/mol. The lowest BCUT2D eigenvalue weighted by atomic mass is 9.99. The Morgan fingerprint density at radius 2 is 1.50 bits per heavy atom. The molecule has 2 saturated heterocycles. The van der Waals surface area contributed by atoms with Gasteiger partial charge in [0.25, 0.3) is 5.91 Å². The first-order chi connectivity index (χ1) is 27.2. The molecule has 0 aromatic heterocycles. The molecule has 3 N–H and O–H groups in total. The molecule has 7 rings (SSSR count). The van der Waals surface area contributed by atoms with Crippen LogP contribution < -0.4 is 5.32 Å². The van der Waals surface area contributed by atoms with Crippen molar-refractivity contribution in [1.82, 2.24) is 10.2 Å². The number of carbonyl (C=O) groups is 4. The number of aromatic carboxylic acids is 1. The minimum Gasteiger partial charge on any atom is -0.478 e. The van der Waals surface area contributed by atoms with Crippen LogP contribution in [0.3, 0.4) is 0 Å². The summed E-state index contributed by atoms with van der Waals surface area (Å²) in [6.07, 6.45) is -1.73.